The Kier molecular flexibility index (Phi) is 6.47. The highest BCUT2D eigenvalue weighted by Gasteiger charge is 2.23. The predicted molar refractivity (Wildman–Crippen MR) is 99.4 cm³/mol. The highest BCUT2D eigenvalue weighted by Crippen LogP contribution is 2.29. The summed E-state index contributed by atoms with van der Waals surface area (Å²) in [4.78, 5) is 12.2. The van der Waals surface area contributed by atoms with E-state index in [0.29, 0.717) is 16.5 Å². The summed E-state index contributed by atoms with van der Waals surface area (Å²) in [6.07, 6.45) is 0. The summed E-state index contributed by atoms with van der Waals surface area (Å²) in [5, 5.41) is 3.06. The second kappa shape index (κ2) is 8.39. The molecule has 0 aliphatic heterocycles. The minimum Gasteiger partial charge on any atom is -0.493 e. The van der Waals surface area contributed by atoms with Gasteiger partial charge >= 0.3 is 0 Å². The number of hydrogen-bond donors (Lipinski definition) is 2. The molecule has 2 N–H and O–H groups in total. The Balaban J connectivity index is 2.14. The van der Waals surface area contributed by atoms with Crippen molar-refractivity contribution in [3.05, 3.63) is 47.5 Å². The van der Waals surface area contributed by atoms with Crippen molar-refractivity contribution >= 4 is 33.2 Å². The number of hydrogen-bond acceptors (Lipinski definition) is 5. The van der Waals surface area contributed by atoms with Gasteiger partial charge < -0.3 is 14.8 Å². The van der Waals surface area contributed by atoms with Crippen LogP contribution in [0, 0.1) is 0 Å². The molecule has 0 bridgehead atoms. The molecule has 0 unspecified atom stereocenters. The Morgan fingerprint density at radius 2 is 1.77 bits per heavy atom. The van der Waals surface area contributed by atoms with Gasteiger partial charge in [-0.25, -0.2) is 8.42 Å². The predicted octanol–water partition coefficient (Wildman–Crippen LogP) is 2.66. The zero-order valence-corrected chi connectivity index (χ0v) is 16.0. The van der Waals surface area contributed by atoms with Gasteiger partial charge in [0.05, 0.1) is 25.2 Å². The number of anilines is 1. The largest absolute Gasteiger partial charge is 0.493 e. The summed E-state index contributed by atoms with van der Waals surface area (Å²) in [6.45, 7) is 1.44. The van der Waals surface area contributed by atoms with Gasteiger partial charge in [0.1, 0.15) is 0 Å². The van der Waals surface area contributed by atoms with Gasteiger partial charge in [-0.3, -0.25) is 4.79 Å². The lowest BCUT2D eigenvalue weighted by molar-refractivity contribution is -0.117. The molecule has 2 aromatic rings. The molecule has 0 spiro atoms. The van der Waals surface area contributed by atoms with Gasteiger partial charge in [-0.15, -0.1) is 0 Å². The maximum atomic E-state index is 12.5. The maximum absolute atomic E-state index is 12.5. The number of ether oxygens (including phenoxy) is 2. The number of carbonyl (C=O) groups is 1. The van der Waals surface area contributed by atoms with E-state index in [2.05, 4.69) is 10.0 Å². The SMILES string of the molecule is COc1ccc(S(=O)(=O)N[C@H](C)C(=O)Nc2cccc(Cl)c2)cc1OC. The molecule has 0 heterocycles. The van der Waals surface area contributed by atoms with E-state index < -0.39 is 22.0 Å². The van der Waals surface area contributed by atoms with Crippen molar-refractivity contribution in [2.75, 3.05) is 19.5 Å². The van der Waals surface area contributed by atoms with Gasteiger partial charge in [0.2, 0.25) is 15.9 Å². The molecule has 9 heteroatoms. The summed E-state index contributed by atoms with van der Waals surface area (Å²) in [5.41, 5.74) is 0.472. The molecule has 0 saturated carbocycles. The topological polar surface area (TPSA) is 93.7 Å². The van der Waals surface area contributed by atoms with Crippen LogP contribution in [0.4, 0.5) is 5.69 Å². The number of amides is 1. The fourth-order valence-corrected chi connectivity index (χ4v) is 3.56. The highest BCUT2D eigenvalue weighted by molar-refractivity contribution is 7.89. The fraction of sp³-hybridized carbons (Fsp3) is 0.235. The summed E-state index contributed by atoms with van der Waals surface area (Å²) in [7, 11) is -1.08. The molecule has 1 atom stereocenters. The first-order chi connectivity index (χ1) is 12.3. The van der Waals surface area contributed by atoms with Gasteiger partial charge in [0, 0.05) is 16.8 Å². The Hall–Kier alpha value is -2.29. The van der Waals surface area contributed by atoms with Crippen LogP contribution in [0.2, 0.25) is 5.02 Å². The minimum absolute atomic E-state index is 0.0439. The lowest BCUT2D eigenvalue weighted by atomic mass is 10.3. The Bertz CT molecular complexity index is 902. The van der Waals surface area contributed by atoms with Crippen LogP contribution in [0.25, 0.3) is 0 Å². The van der Waals surface area contributed by atoms with Gasteiger partial charge in [-0.2, -0.15) is 4.72 Å². The fourth-order valence-electron chi connectivity index (χ4n) is 2.15. The number of methoxy groups -OCH3 is 2. The molecule has 0 fully saturated rings. The molecule has 0 saturated heterocycles. The first-order valence-electron chi connectivity index (χ1n) is 7.57. The van der Waals surface area contributed by atoms with E-state index in [1.807, 2.05) is 0 Å². The molecule has 7 nitrogen and oxygen atoms in total. The molecule has 2 rings (SSSR count). The number of halogens is 1. The van der Waals surface area contributed by atoms with E-state index in [-0.39, 0.29) is 10.6 Å². The quantitative estimate of drug-likeness (QED) is 0.747. The van der Waals surface area contributed by atoms with Crippen LogP contribution in [0.15, 0.2) is 47.4 Å². The first-order valence-corrected chi connectivity index (χ1v) is 9.43. The third-order valence-corrected chi connectivity index (χ3v) is 5.26. The molecule has 1 amide bonds. The Morgan fingerprint density at radius 3 is 2.38 bits per heavy atom. The zero-order chi connectivity index (χ0) is 19.3. The zero-order valence-electron chi connectivity index (χ0n) is 14.4. The van der Waals surface area contributed by atoms with Crippen LogP contribution in [0.5, 0.6) is 11.5 Å². The van der Waals surface area contributed by atoms with Crippen molar-refractivity contribution in [2.45, 2.75) is 17.9 Å². The van der Waals surface area contributed by atoms with Crippen LogP contribution in [-0.4, -0.2) is 34.6 Å². The van der Waals surface area contributed by atoms with E-state index in [9.17, 15) is 13.2 Å². The average Bonchev–Trinajstić information content (AvgIpc) is 2.60. The molecule has 0 aliphatic rings. The standard InChI is InChI=1S/C17H19ClN2O5S/c1-11(17(21)19-13-6-4-5-12(18)9-13)20-26(22,23)14-7-8-15(24-2)16(10-14)25-3/h4-11,20H,1-3H3,(H,19,21)/t11-/m1/s1. The molecular weight excluding hydrogens is 380 g/mol. The summed E-state index contributed by atoms with van der Waals surface area (Å²) in [5.74, 6) is 0.154. The van der Waals surface area contributed by atoms with E-state index in [1.54, 1.807) is 24.3 Å². The van der Waals surface area contributed by atoms with E-state index in [1.165, 1.54) is 39.3 Å². The number of carbonyl (C=O) groups excluding carboxylic acids is 1. The number of rotatable bonds is 7. The molecular formula is C17H19ClN2O5S. The average molecular weight is 399 g/mol. The van der Waals surface area contributed by atoms with Gasteiger partial charge in [0.25, 0.3) is 0 Å². The van der Waals surface area contributed by atoms with Crippen LogP contribution in [0.1, 0.15) is 6.92 Å². The minimum atomic E-state index is -3.94. The van der Waals surface area contributed by atoms with Crippen molar-refractivity contribution in [1.82, 2.24) is 4.72 Å². The van der Waals surface area contributed by atoms with Gasteiger partial charge in [-0.1, -0.05) is 17.7 Å². The van der Waals surface area contributed by atoms with Gasteiger partial charge in [-0.05, 0) is 37.3 Å². The second-order valence-corrected chi connectivity index (χ2v) is 7.51. The van der Waals surface area contributed by atoms with Crippen molar-refractivity contribution in [3.63, 3.8) is 0 Å². The number of nitrogens with one attached hydrogen (secondary N) is 2. The molecule has 140 valence electrons. The number of benzene rings is 2. The molecule has 26 heavy (non-hydrogen) atoms. The lowest BCUT2D eigenvalue weighted by Gasteiger charge is -2.15. The highest BCUT2D eigenvalue weighted by atomic mass is 35.5. The first kappa shape index (κ1) is 20.0. The summed E-state index contributed by atoms with van der Waals surface area (Å²) >= 11 is 5.86. The van der Waals surface area contributed by atoms with Crippen LogP contribution in [-0.2, 0) is 14.8 Å². The van der Waals surface area contributed by atoms with E-state index in [0.717, 1.165) is 0 Å². The molecule has 2 aromatic carbocycles. The Morgan fingerprint density at radius 1 is 1.08 bits per heavy atom. The molecule has 0 aromatic heterocycles. The van der Waals surface area contributed by atoms with Crippen molar-refractivity contribution in [1.29, 1.82) is 0 Å². The van der Waals surface area contributed by atoms with Crippen molar-refractivity contribution < 1.29 is 22.7 Å². The normalized spacial score (nSPS) is 12.3. The summed E-state index contributed by atoms with van der Waals surface area (Å²) < 4.78 is 37.5. The van der Waals surface area contributed by atoms with Gasteiger partial charge in [0.15, 0.2) is 11.5 Å². The monoisotopic (exact) mass is 398 g/mol. The van der Waals surface area contributed by atoms with E-state index >= 15 is 0 Å². The van der Waals surface area contributed by atoms with Crippen molar-refractivity contribution in [2.24, 2.45) is 0 Å². The second-order valence-electron chi connectivity index (χ2n) is 5.36. The molecule has 0 aliphatic carbocycles. The smallest absolute Gasteiger partial charge is 0.242 e. The number of sulfonamides is 1. The summed E-state index contributed by atoms with van der Waals surface area (Å²) in [6, 6.07) is 9.72. The maximum Gasteiger partial charge on any atom is 0.242 e. The molecule has 0 radical (unpaired) electrons. The van der Waals surface area contributed by atoms with Crippen LogP contribution >= 0.6 is 11.6 Å². The Labute approximate surface area is 157 Å². The lowest BCUT2D eigenvalue weighted by Crippen LogP contribution is -2.41. The van der Waals surface area contributed by atoms with Crippen LogP contribution < -0.4 is 19.5 Å². The van der Waals surface area contributed by atoms with Crippen LogP contribution in [0.3, 0.4) is 0 Å². The van der Waals surface area contributed by atoms with E-state index in [4.69, 9.17) is 21.1 Å². The van der Waals surface area contributed by atoms with Crippen molar-refractivity contribution in [3.8, 4) is 11.5 Å². The third-order valence-electron chi connectivity index (χ3n) is 3.48. The third kappa shape index (κ3) is 4.87.